The quantitative estimate of drug-likeness (QED) is 0.0500. The number of piperazine rings is 3. The van der Waals surface area contributed by atoms with Gasteiger partial charge in [0.15, 0.2) is 5.82 Å². The number of pyridine rings is 3. The number of nitrogens with two attached hydrogens (primary N) is 3. The van der Waals surface area contributed by atoms with Crippen molar-refractivity contribution >= 4 is 126 Å². The maximum atomic E-state index is 16.5. The number of rotatable bonds is 19. The number of benzene rings is 3. The van der Waals surface area contributed by atoms with Gasteiger partial charge in [0.05, 0.1) is 71.5 Å². The number of aromatic nitrogens is 9. The van der Waals surface area contributed by atoms with Gasteiger partial charge in [-0.05, 0) is 184 Å². The molecule has 28 nitrogen and oxygen atoms in total. The van der Waals surface area contributed by atoms with E-state index >= 15 is 4.39 Å². The van der Waals surface area contributed by atoms with E-state index in [1.54, 1.807) is 27.8 Å². The molecule has 0 saturated carbocycles. The fraction of sp³-hybridized carbons (Fsp3) is 0.443. The average molecular weight is 1890 g/mol. The standard InChI is InChI=1S/C30H33ClF5N7O2.C29H30ClF4N7O3.C29H33ClF3N7O2/c1-16-11-24(37)39-27(26(16)30(34,35)36)19-13-22-20(12-21(19)31)28(40-29(38-22)45-15-18-5-4-8-41(18)3)43-10-9-42(14-17(43)2)25(44)7-6-23(32)33;1-5-20(42)40-8-9-41(15(3)12-40)27-17-11-18(30)22(26-23(29(32,33)34)14(2)10-19(35)36-26)24(31)25(17)37-28(38-27)44-13-16-6-7-21(43)39(16)4;1-5-24(41)39-9-10-40(17(3)14-39)27-20-12-21(30)19(26-25(29(31,32)33)16(2)11-23(34)36-26)13-22(20)35-28(37-27)42-15-18-7-6-8-38(18)4/h6-7,11-13,17-18,23H,4-5,8-10,14-15H2,1-3H3,(H2,37,39);5,10-11,15-16H,1,6-9,12-13H2,2-4H3,(H2,35,36);5,11-13,17-18H,1,6-10,14-15H2,2-4H3,(H2,34,36)/b7-6+;;/t17-,18-;15-,16-;17-,18-/m000/s1. The number of alkyl halides is 11. The molecule has 6 aliphatic rings. The maximum absolute atomic E-state index is 16.5. The molecular weight excluding hydrogens is 1800 g/mol. The first-order valence-electron chi connectivity index (χ1n) is 42.0. The highest BCUT2D eigenvalue weighted by molar-refractivity contribution is 6.35. The number of amides is 4. The van der Waals surface area contributed by atoms with E-state index in [1.165, 1.54) is 68.2 Å². The van der Waals surface area contributed by atoms with Crippen LogP contribution in [0.3, 0.4) is 0 Å². The molecule has 131 heavy (non-hydrogen) atoms. The SMILES string of the molecule is C=CC(=O)N1CCN(c2nc(OC[C@@H]3CCC(=O)N3C)nc3c(F)c(-c4nc(N)cc(C)c4C(F)(F)F)c(Cl)cc23)[C@@H](C)C1.C=CC(=O)N1CCN(c2nc(OC[C@@H]3CCCN3C)nc3cc(-c4nc(N)cc(C)c4C(F)(F)F)c(Cl)cc23)[C@@H](C)C1.Cc1cc(N)nc(-c2cc3nc(OC[C@@H]4CCCN4C)nc(N4CCN(C(=O)/C=C/C(F)F)C[C@@H]4C)c3cc2Cl)c1C(F)(F)F. The summed E-state index contributed by atoms with van der Waals surface area (Å²) in [5.41, 5.74) is 12.2. The molecule has 6 fully saturated rings. The van der Waals surface area contributed by atoms with E-state index in [9.17, 15) is 67.5 Å². The maximum Gasteiger partial charge on any atom is 0.418 e. The fourth-order valence-corrected chi connectivity index (χ4v) is 18.2. The Morgan fingerprint density at radius 3 is 1.21 bits per heavy atom. The van der Waals surface area contributed by atoms with Crippen LogP contribution in [-0.2, 0) is 37.7 Å². The number of likely N-dealkylation sites (N-methyl/N-ethyl adjacent to an activating group) is 3. The Hall–Kier alpha value is -11.6. The van der Waals surface area contributed by atoms with Gasteiger partial charge in [-0.1, -0.05) is 48.0 Å². The molecule has 0 unspecified atom stereocenters. The fourth-order valence-electron chi connectivity index (χ4n) is 17.4. The number of carbonyl (C=O) groups excluding carboxylic acids is 4. The highest BCUT2D eigenvalue weighted by Crippen LogP contribution is 2.49. The zero-order chi connectivity index (χ0) is 95.1. The third-order valence-electron chi connectivity index (χ3n) is 24.2. The molecule has 6 aliphatic heterocycles. The van der Waals surface area contributed by atoms with Gasteiger partial charge in [-0.25, -0.2) is 28.1 Å². The van der Waals surface area contributed by atoms with Crippen LogP contribution in [0.1, 0.15) is 92.7 Å². The molecule has 15 rings (SSSR count). The summed E-state index contributed by atoms with van der Waals surface area (Å²) in [4.78, 5) is 105. The number of hydrogen-bond acceptors (Lipinski definition) is 24. The third-order valence-corrected chi connectivity index (χ3v) is 25.1. The van der Waals surface area contributed by atoms with Gasteiger partial charge in [-0.15, -0.1) is 0 Å². The molecule has 700 valence electrons. The third kappa shape index (κ3) is 21.3. The molecule has 12 heterocycles. The van der Waals surface area contributed by atoms with Gasteiger partial charge in [0.25, 0.3) is 6.43 Å². The van der Waals surface area contributed by atoms with Crippen molar-refractivity contribution in [3.8, 4) is 51.8 Å². The van der Waals surface area contributed by atoms with Crippen molar-refractivity contribution < 1.29 is 86.1 Å². The lowest BCUT2D eigenvalue weighted by atomic mass is 9.99. The Labute approximate surface area is 760 Å². The molecule has 6 atom stereocenters. The van der Waals surface area contributed by atoms with E-state index in [0.717, 1.165) is 57.0 Å². The van der Waals surface area contributed by atoms with Crippen molar-refractivity contribution in [2.45, 2.75) is 141 Å². The van der Waals surface area contributed by atoms with Gasteiger partial charge in [0.2, 0.25) is 23.6 Å². The first-order chi connectivity index (χ1) is 61.8. The van der Waals surface area contributed by atoms with Gasteiger partial charge in [0, 0.05) is 136 Å². The number of fused-ring (bicyclic) bond motifs is 3. The van der Waals surface area contributed by atoms with Crippen LogP contribution in [0, 0.1) is 26.6 Å². The molecule has 0 bridgehead atoms. The highest BCUT2D eigenvalue weighted by atomic mass is 35.5. The summed E-state index contributed by atoms with van der Waals surface area (Å²) < 4.78 is 187. The van der Waals surface area contributed by atoms with Crippen LogP contribution in [0.2, 0.25) is 15.1 Å². The van der Waals surface area contributed by atoms with Crippen molar-refractivity contribution in [1.82, 2.24) is 74.3 Å². The zero-order valence-corrected chi connectivity index (χ0v) is 75.1. The number of halogens is 15. The molecular formula is C88H96Cl3F12N21O7. The normalized spacial score (nSPS) is 19.6. The molecule has 43 heteroatoms. The zero-order valence-electron chi connectivity index (χ0n) is 72.8. The number of carbonyl (C=O) groups is 4. The lowest BCUT2D eigenvalue weighted by molar-refractivity contribution is -0.138. The van der Waals surface area contributed by atoms with E-state index in [-0.39, 0.29) is 180 Å². The number of hydrogen-bond donors (Lipinski definition) is 3. The molecule has 0 radical (unpaired) electrons. The Morgan fingerprint density at radius 2 is 0.855 bits per heavy atom. The Kier molecular flexibility index (Phi) is 29.2. The van der Waals surface area contributed by atoms with Gasteiger partial charge in [-0.3, -0.25) is 19.2 Å². The minimum Gasteiger partial charge on any atom is -0.462 e. The van der Waals surface area contributed by atoms with Crippen LogP contribution >= 0.6 is 34.8 Å². The number of nitrogen functional groups attached to an aromatic ring is 3. The summed E-state index contributed by atoms with van der Waals surface area (Å²) in [7, 11) is 5.68. The van der Waals surface area contributed by atoms with Crippen molar-refractivity contribution in [2.75, 3.05) is 145 Å². The van der Waals surface area contributed by atoms with Crippen molar-refractivity contribution in [3.05, 3.63) is 140 Å². The van der Waals surface area contributed by atoms with Gasteiger partial charge in [0.1, 0.15) is 60.2 Å². The van der Waals surface area contributed by atoms with Crippen LogP contribution < -0.4 is 46.1 Å². The molecule has 0 spiro atoms. The second-order valence-corrected chi connectivity index (χ2v) is 34.4. The van der Waals surface area contributed by atoms with Crippen molar-refractivity contribution in [1.29, 1.82) is 0 Å². The Balaban J connectivity index is 0.000000167. The van der Waals surface area contributed by atoms with Crippen molar-refractivity contribution in [2.24, 2.45) is 0 Å². The van der Waals surface area contributed by atoms with E-state index < -0.39 is 70.3 Å². The van der Waals surface area contributed by atoms with Crippen LogP contribution in [-0.4, -0.2) is 254 Å². The number of likely N-dealkylation sites (tertiary alicyclic amines) is 3. The number of aryl methyl sites for hydroxylation is 3. The van der Waals surface area contributed by atoms with Crippen LogP contribution in [0.4, 0.5) is 87.6 Å². The van der Waals surface area contributed by atoms with E-state index in [2.05, 4.69) is 57.8 Å². The number of nitrogens with zero attached hydrogens (tertiary/aromatic N) is 18. The smallest absolute Gasteiger partial charge is 0.418 e. The Morgan fingerprint density at radius 1 is 0.489 bits per heavy atom. The predicted molar refractivity (Wildman–Crippen MR) is 475 cm³/mol. The average Bonchev–Trinajstić information content (AvgIpc) is 1.48. The monoisotopic (exact) mass is 1890 g/mol. The molecule has 6 saturated heterocycles. The van der Waals surface area contributed by atoms with Gasteiger partial charge >= 0.3 is 36.6 Å². The minimum absolute atomic E-state index is 0.00713. The molecule has 4 amide bonds. The number of ether oxygens (including phenoxy) is 3. The molecule has 6 aromatic heterocycles. The summed E-state index contributed by atoms with van der Waals surface area (Å²) in [5.74, 6) is -1.37. The highest BCUT2D eigenvalue weighted by Gasteiger charge is 2.43. The number of allylic oxidation sites excluding steroid dienone is 1. The molecule has 0 aliphatic carbocycles. The lowest BCUT2D eigenvalue weighted by Gasteiger charge is -2.40. The van der Waals surface area contributed by atoms with Gasteiger partial charge in [-0.2, -0.15) is 69.4 Å². The molecule has 6 N–H and O–H groups in total. The largest absolute Gasteiger partial charge is 0.462 e. The minimum atomic E-state index is -4.89. The van der Waals surface area contributed by atoms with Crippen molar-refractivity contribution in [3.63, 3.8) is 0 Å². The first kappa shape index (κ1) is 96.9. The summed E-state index contributed by atoms with van der Waals surface area (Å²) in [5, 5.41) is 0.794. The van der Waals surface area contributed by atoms with E-state index in [1.807, 2.05) is 49.6 Å². The summed E-state index contributed by atoms with van der Waals surface area (Å²) >= 11 is 19.9. The van der Waals surface area contributed by atoms with Crippen LogP contribution in [0.25, 0.3) is 66.5 Å². The first-order valence-corrected chi connectivity index (χ1v) is 43.1. The topological polar surface area (TPSA) is 319 Å². The van der Waals surface area contributed by atoms with E-state index in [0.29, 0.717) is 106 Å². The summed E-state index contributed by atoms with van der Waals surface area (Å²) in [6, 6.07) is 9.87. The van der Waals surface area contributed by atoms with E-state index in [4.69, 9.17) is 76.2 Å². The second kappa shape index (κ2) is 39.4. The Bertz CT molecular complexity index is 5940. The van der Waals surface area contributed by atoms with Crippen LogP contribution in [0.5, 0.6) is 18.0 Å². The number of anilines is 6. The molecule has 3 aromatic carbocycles. The predicted octanol–water partition coefficient (Wildman–Crippen LogP) is 15.2. The summed E-state index contributed by atoms with van der Waals surface area (Å²) in [6.45, 7) is 22.2. The van der Waals surface area contributed by atoms with Gasteiger partial charge < -0.3 is 75.5 Å². The summed E-state index contributed by atoms with van der Waals surface area (Å²) in [6.07, 6.45) is -8.23. The molecule has 9 aromatic rings. The van der Waals surface area contributed by atoms with Crippen LogP contribution in [0.15, 0.2) is 86.0 Å². The second-order valence-electron chi connectivity index (χ2n) is 33.2. The lowest BCUT2D eigenvalue weighted by Crippen LogP contribution is -2.53.